The molecule has 0 unspecified atom stereocenters. The van der Waals surface area contributed by atoms with Crippen molar-refractivity contribution in [2.24, 2.45) is 5.41 Å². The van der Waals surface area contributed by atoms with Crippen molar-refractivity contribution in [1.82, 2.24) is 10.2 Å². The van der Waals surface area contributed by atoms with Gasteiger partial charge in [0.2, 0.25) is 5.91 Å². The summed E-state index contributed by atoms with van der Waals surface area (Å²) in [6.45, 7) is 7.80. The van der Waals surface area contributed by atoms with E-state index in [2.05, 4.69) is 5.32 Å². The van der Waals surface area contributed by atoms with Crippen LogP contribution in [0.5, 0.6) is 0 Å². The van der Waals surface area contributed by atoms with Crippen molar-refractivity contribution in [2.75, 3.05) is 19.6 Å². The van der Waals surface area contributed by atoms with Crippen LogP contribution in [0.1, 0.15) is 40.0 Å². The summed E-state index contributed by atoms with van der Waals surface area (Å²) >= 11 is 0. The van der Waals surface area contributed by atoms with E-state index in [1.54, 1.807) is 0 Å². The van der Waals surface area contributed by atoms with Crippen molar-refractivity contribution in [1.29, 1.82) is 0 Å². The predicted octanol–water partition coefficient (Wildman–Crippen LogP) is 1.52. The van der Waals surface area contributed by atoms with E-state index in [0.29, 0.717) is 13.0 Å². The normalized spacial score (nSPS) is 23.5. The van der Waals surface area contributed by atoms with Crippen LogP contribution in [0.25, 0.3) is 0 Å². The molecule has 5 heteroatoms. The topological polar surface area (TPSA) is 58.6 Å². The summed E-state index contributed by atoms with van der Waals surface area (Å²) in [7, 11) is 0. The van der Waals surface area contributed by atoms with E-state index in [0.717, 1.165) is 25.9 Å². The van der Waals surface area contributed by atoms with Crippen molar-refractivity contribution in [3.05, 3.63) is 0 Å². The van der Waals surface area contributed by atoms with Crippen LogP contribution < -0.4 is 5.32 Å². The third-order valence-corrected chi connectivity index (χ3v) is 3.60. The number of carbonyl (C=O) groups is 2. The molecule has 2 saturated heterocycles. The fourth-order valence-corrected chi connectivity index (χ4v) is 2.67. The molecular weight excluding hydrogens is 232 g/mol. The highest BCUT2D eigenvalue weighted by Crippen LogP contribution is 2.39. The van der Waals surface area contributed by atoms with Crippen molar-refractivity contribution in [3.8, 4) is 0 Å². The zero-order valence-corrected chi connectivity index (χ0v) is 11.4. The maximum Gasteiger partial charge on any atom is 0.417 e. The number of imide groups is 1. The minimum Gasteiger partial charge on any atom is -0.443 e. The summed E-state index contributed by atoms with van der Waals surface area (Å²) in [5.41, 5.74) is -0.569. The molecule has 2 rings (SSSR count). The standard InChI is InChI=1S/C13H22N2O3/c1-12(2,3)18-11(17)15-9-13(8-10(15)16)4-6-14-7-5-13/h14H,4-9H2,1-3H3. The highest BCUT2D eigenvalue weighted by Gasteiger charge is 2.46. The van der Waals surface area contributed by atoms with Crippen LogP contribution in [-0.4, -0.2) is 42.1 Å². The Kier molecular flexibility index (Phi) is 3.36. The van der Waals surface area contributed by atoms with Gasteiger partial charge in [0.15, 0.2) is 0 Å². The quantitative estimate of drug-likeness (QED) is 0.712. The van der Waals surface area contributed by atoms with Gasteiger partial charge in [-0.3, -0.25) is 4.79 Å². The van der Waals surface area contributed by atoms with Crippen molar-refractivity contribution < 1.29 is 14.3 Å². The lowest BCUT2D eigenvalue weighted by molar-refractivity contribution is -0.127. The largest absolute Gasteiger partial charge is 0.443 e. The number of likely N-dealkylation sites (tertiary alicyclic amines) is 1. The number of nitrogens with one attached hydrogen (secondary N) is 1. The highest BCUT2D eigenvalue weighted by atomic mass is 16.6. The Morgan fingerprint density at radius 1 is 1.33 bits per heavy atom. The molecule has 0 bridgehead atoms. The molecule has 102 valence electrons. The molecule has 5 nitrogen and oxygen atoms in total. The SMILES string of the molecule is CC(C)(C)OC(=O)N1CC2(CCNCC2)CC1=O. The Labute approximate surface area is 108 Å². The maximum atomic E-state index is 12.0. The first-order valence-corrected chi connectivity index (χ1v) is 6.55. The summed E-state index contributed by atoms with van der Waals surface area (Å²) in [5.74, 6) is -0.0915. The fourth-order valence-electron chi connectivity index (χ4n) is 2.67. The molecule has 0 aliphatic carbocycles. The first-order valence-electron chi connectivity index (χ1n) is 6.55. The van der Waals surface area contributed by atoms with Crippen LogP contribution >= 0.6 is 0 Å². The van der Waals surface area contributed by atoms with Gasteiger partial charge in [-0.15, -0.1) is 0 Å². The molecule has 2 heterocycles. The van der Waals surface area contributed by atoms with E-state index in [4.69, 9.17) is 4.74 Å². The van der Waals surface area contributed by atoms with E-state index < -0.39 is 11.7 Å². The number of hydrogen-bond acceptors (Lipinski definition) is 4. The van der Waals surface area contributed by atoms with Gasteiger partial charge < -0.3 is 10.1 Å². The number of piperidine rings is 1. The summed E-state index contributed by atoms with van der Waals surface area (Å²) in [4.78, 5) is 25.2. The molecule has 0 saturated carbocycles. The van der Waals surface area contributed by atoms with Gasteiger partial charge in [0.05, 0.1) is 0 Å². The van der Waals surface area contributed by atoms with Crippen molar-refractivity contribution >= 4 is 12.0 Å². The molecule has 1 spiro atoms. The molecule has 2 aliphatic heterocycles. The zero-order valence-electron chi connectivity index (χ0n) is 11.4. The second-order valence-electron chi connectivity index (χ2n) is 6.39. The van der Waals surface area contributed by atoms with E-state index in [1.807, 2.05) is 20.8 Å². The first-order chi connectivity index (χ1) is 8.31. The Bertz CT molecular complexity index is 354. The van der Waals surface area contributed by atoms with Gasteiger partial charge in [-0.05, 0) is 52.1 Å². The summed E-state index contributed by atoms with van der Waals surface area (Å²) in [6.07, 6.45) is 1.90. The Morgan fingerprint density at radius 3 is 2.50 bits per heavy atom. The number of carbonyl (C=O) groups excluding carboxylic acids is 2. The third kappa shape index (κ3) is 2.83. The van der Waals surface area contributed by atoms with Crippen LogP contribution in [0.15, 0.2) is 0 Å². The van der Waals surface area contributed by atoms with Crippen LogP contribution in [0.2, 0.25) is 0 Å². The van der Waals surface area contributed by atoms with Crippen molar-refractivity contribution in [2.45, 2.75) is 45.6 Å². The zero-order chi connectivity index (χ0) is 13.4. The lowest BCUT2D eigenvalue weighted by Crippen LogP contribution is -2.41. The Hall–Kier alpha value is -1.10. The lowest BCUT2D eigenvalue weighted by atomic mass is 9.78. The van der Waals surface area contributed by atoms with Crippen LogP contribution in [0.4, 0.5) is 4.79 Å². The van der Waals surface area contributed by atoms with Gasteiger partial charge in [0.25, 0.3) is 0 Å². The first kappa shape index (κ1) is 13.3. The maximum absolute atomic E-state index is 12.0. The Balaban J connectivity index is 2.03. The molecule has 1 N–H and O–H groups in total. The smallest absolute Gasteiger partial charge is 0.417 e. The molecule has 2 fully saturated rings. The monoisotopic (exact) mass is 254 g/mol. The molecule has 2 aliphatic rings. The summed E-state index contributed by atoms with van der Waals surface area (Å²) in [5, 5.41) is 3.29. The second-order valence-corrected chi connectivity index (χ2v) is 6.39. The number of nitrogens with zero attached hydrogens (tertiary/aromatic N) is 1. The number of rotatable bonds is 0. The third-order valence-electron chi connectivity index (χ3n) is 3.60. The lowest BCUT2D eigenvalue weighted by Gasteiger charge is -2.32. The van der Waals surface area contributed by atoms with Crippen LogP contribution in [-0.2, 0) is 9.53 Å². The summed E-state index contributed by atoms with van der Waals surface area (Å²) in [6, 6.07) is 0. The fraction of sp³-hybridized carbons (Fsp3) is 0.846. The van der Waals surface area contributed by atoms with E-state index in [-0.39, 0.29) is 11.3 Å². The van der Waals surface area contributed by atoms with Crippen LogP contribution in [0.3, 0.4) is 0 Å². The number of amides is 2. The van der Waals surface area contributed by atoms with Gasteiger partial charge in [-0.2, -0.15) is 0 Å². The minimum atomic E-state index is -0.554. The predicted molar refractivity (Wildman–Crippen MR) is 67.1 cm³/mol. The summed E-state index contributed by atoms with van der Waals surface area (Å²) < 4.78 is 5.28. The second kappa shape index (κ2) is 4.53. The number of hydrogen-bond donors (Lipinski definition) is 1. The molecule has 18 heavy (non-hydrogen) atoms. The van der Waals surface area contributed by atoms with E-state index in [1.165, 1.54) is 4.90 Å². The van der Waals surface area contributed by atoms with Gasteiger partial charge in [0.1, 0.15) is 5.60 Å². The van der Waals surface area contributed by atoms with Gasteiger partial charge in [0, 0.05) is 13.0 Å². The van der Waals surface area contributed by atoms with E-state index in [9.17, 15) is 9.59 Å². The molecule has 0 aromatic heterocycles. The minimum absolute atomic E-state index is 0.0146. The molecule has 0 aromatic carbocycles. The van der Waals surface area contributed by atoms with Gasteiger partial charge in [-0.1, -0.05) is 0 Å². The van der Waals surface area contributed by atoms with Gasteiger partial charge in [-0.25, -0.2) is 9.69 Å². The highest BCUT2D eigenvalue weighted by molar-refractivity contribution is 5.94. The average Bonchev–Trinajstić information content (AvgIpc) is 2.54. The molecule has 0 atom stereocenters. The van der Waals surface area contributed by atoms with Crippen LogP contribution in [0, 0.1) is 5.41 Å². The average molecular weight is 254 g/mol. The van der Waals surface area contributed by atoms with E-state index >= 15 is 0 Å². The molecular formula is C13H22N2O3. The van der Waals surface area contributed by atoms with Crippen molar-refractivity contribution in [3.63, 3.8) is 0 Å². The number of ether oxygens (including phenoxy) is 1. The molecule has 2 amide bonds. The molecule has 0 aromatic rings. The van der Waals surface area contributed by atoms with Gasteiger partial charge >= 0.3 is 6.09 Å². The Morgan fingerprint density at radius 2 is 1.94 bits per heavy atom. The molecule has 0 radical (unpaired) electrons.